The molecule has 0 fully saturated rings. The van der Waals surface area contributed by atoms with Gasteiger partial charge in [-0.05, 0) is 47.7 Å². The number of fused-ring (bicyclic) bond motifs is 1. The number of nitrogens with zero attached hydrogens (tertiary/aromatic N) is 2. The van der Waals surface area contributed by atoms with Crippen LogP contribution in [0.25, 0.3) is 10.9 Å². The highest BCUT2D eigenvalue weighted by Gasteiger charge is 2.07. The molecule has 0 atom stereocenters. The second-order valence-electron chi connectivity index (χ2n) is 4.24. The number of hydrogen-bond acceptors (Lipinski definition) is 4. The molecular formula is C14H12ClN3S. The maximum atomic E-state index is 5.96. The highest BCUT2D eigenvalue weighted by molar-refractivity contribution is 7.10. The van der Waals surface area contributed by atoms with Gasteiger partial charge in [-0.25, -0.2) is 9.97 Å². The summed E-state index contributed by atoms with van der Waals surface area (Å²) in [5.74, 6) is 0.781. The number of para-hydroxylation sites is 1. The second-order valence-corrected chi connectivity index (χ2v) is 5.58. The summed E-state index contributed by atoms with van der Waals surface area (Å²) in [5.41, 5.74) is 2.15. The number of rotatable bonds is 3. The van der Waals surface area contributed by atoms with E-state index in [0.717, 1.165) is 23.3 Å². The van der Waals surface area contributed by atoms with Crippen molar-refractivity contribution in [2.75, 3.05) is 5.32 Å². The van der Waals surface area contributed by atoms with E-state index in [1.807, 2.05) is 24.3 Å². The van der Waals surface area contributed by atoms with Crippen LogP contribution in [0.4, 0.5) is 5.82 Å². The first kappa shape index (κ1) is 12.4. The molecule has 0 saturated heterocycles. The van der Waals surface area contributed by atoms with Crippen molar-refractivity contribution >= 4 is 39.7 Å². The molecule has 2 aromatic heterocycles. The maximum absolute atomic E-state index is 5.96. The first-order valence-electron chi connectivity index (χ1n) is 5.93. The molecule has 1 N–H and O–H groups in total. The molecule has 3 rings (SSSR count). The van der Waals surface area contributed by atoms with E-state index >= 15 is 0 Å². The molecule has 5 heteroatoms. The van der Waals surface area contributed by atoms with Crippen molar-refractivity contribution in [2.24, 2.45) is 0 Å². The van der Waals surface area contributed by atoms with Crippen LogP contribution in [0, 0.1) is 6.92 Å². The molecule has 1 aromatic carbocycles. The lowest BCUT2D eigenvalue weighted by Crippen LogP contribution is -2.02. The fourth-order valence-electron chi connectivity index (χ4n) is 1.93. The molecule has 2 heterocycles. The Morgan fingerprint density at radius 2 is 2.05 bits per heavy atom. The van der Waals surface area contributed by atoms with E-state index in [1.165, 1.54) is 10.4 Å². The Kier molecular flexibility index (Phi) is 3.36. The average molecular weight is 290 g/mol. The largest absolute Gasteiger partial charge is 0.365 e. The Balaban J connectivity index is 1.94. The molecule has 0 amide bonds. The molecule has 3 aromatic rings. The van der Waals surface area contributed by atoms with Crippen molar-refractivity contribution in [1.82, 2.24) is 9.97 Å². The van der Waals surface area contributed by atoms with Crippen molar-refractivity contribution < 1.29 is 0 Å². The van der Waals surface area contributed by atoms with E-state index in [0.29, 0.717) is 0 Å². The Hall–Kier alpha value is -1.65. The number of anilines is 1. The van der Waals surface area contributed by atoms with Gasteiger partial charge in [0.15, 0.2) is 0 Å². The molecule has 0 spiro atoms. The van der Waals surface area contributed by atoms with Crippen molar-refractivity contribution in [3.63, 3.8) is 0 Å². The number of hydrogen-bond donors (Lipinski definition) is 1. The summed E-state index contributed by atoms with van der Waals surface area (Å²) in [7, 11) is 0. The van der Waals surface area contributed by atoms with Gasteiger partial charge in [0, 0.05) is 10.3 Å². The Morgan fingerprint density at radius 3 is 2.84 bits per heavy atom. The van der Waals surface area contributed by atoms with Gasteiger partial charge in [-0.1, -0.05) is 12.1 Å². The van der Waals surface area contributed by atoms with Crippen molar-refractivity contribution in [3.8, 4) is 0 Å². The summed E-state index contributed by atoms with van der Waals surface area (Å²) >= 11 is 7.70. The summed E-state index contributed by atoms with van der Waals surface area (Å²) in [4.78, 5) is 9.80. The van der Waals surface area contributed by atoms with Crippen LogP contribution in [0.2, 0.25) is 5.28 Å². The quantitative estimate of drug-likeness (QED) is 0.732. The SMILES string of the molecule is Cc1ccsc1CNc1nc(Cl)nc2ccccc12. The van der Waals surface area contributed by atoms with Crippen LogP contribution in [0.5, 0.6) is 0 Å². The van der Waals surface area contributed by atoms with Gasteiger partial charge in [0.05, 0.1) is 12.1 Å². The predicted molar refractivity (Wildman–Crippen MR) is 80.9 cm³/mol. The Labute approximate surface area is 120 Å². The van der Waals surface area contributed by atoms with Gasteiger partial charge in [-0.2, -0.15) is 0 Å². The highest BCUT2D eigenvalue weighted by Crippen LogP contribution is 2.23. The molecule has 96 valence electrons. The zero-order valence-corrected chi connectivity index (χ0v) is 11.9. The average Bonchev–Trinajstić information content (AvgIpc) is 2.81. The molecule has 3 nitrogen and oxygen atoms in total. The molecule has 0 aliphatic heterocycles. The smallest absolute Gasteiger partial charge is 0.224 e. The lowest BCUT2D eigenvalue weighted by molar-refractivity contribution is 1.11. The predicted octanol–water partition coefficient (Wildman–Crippen LogP) is 4.27. The van der Waals surface area contributed by atoms with E-state index in [-0.39, 0.29) is 5.28 Å². The van der Waals surface area contributed by atoms with Gasteiger partial charge in [0.2, 0.25) is 5.28 Å². The van der Waals surface area contributed by atoms with Crippen molar-refractivity contribution in [3.05, 3.63) is 51.4 Å². The van der Waals surface area contributed by atoms with Gasteiger partial charge in [0.25, 0.3) is 0 Å². The van der Waals surface area contributed by atoms with E-state index in [9.17, 15) is 0 Å². The van der Waals surface area contributed by atoms with Gasteiger partial charge >= 0.3 is 0 Å². The molecule has 0 unspecified atom stereocenters. The van der Waals surface area contributed by atoms with Crippen molar-refractivity contribution in [2.45, 2.75) is 13.5 Å². The normalized spacial score (nSPS) is 10.8. The first-order valence-corrected chi connectivity index (χ1v) is 7.19. The lowest BCUT2D eigenvalue weighted by Gasteiger charge is -2.08. The van der Waals surface area contributed by atoms with Crippen LogP contribution in [0.3, 0.4) is 0 Å². The zero-order chi connectivity index (χ0) is 13.2. The molecule has 0 saturated carbocycles. The van der Waals surface area contributed by atoms with Crippen LogP contribution in [-0.4, -0.2) is 9.97 Å². The fraction of sp³-hybridized carbons (Fsp3) is 0.143. The summed E-state index contributed by atoms with van der Waals surface area (Å²) in [6.07, 6.45) is 0. The van der Waals surface area contributed by atoms with E-state index < -0.39 is 0 Å². The molecule has 0 bridgehead atoms. The summed E-state index contributed by atoms with van der Waals surface area (Å²) in [5, 5.41) is 6.70. The third kappa shape index (κ3) is 2.55. The van der Waals surface area contributed by atoms with Gasteiger partial charge in [-0.15, -0.1) is 11.3 Å². The van der Waals surface area contributed by atoms with Crippen LogP contribution in [0.1, 0.15) is 10.4 Å². The third-order valence-electron chi connectivity index (χ3n) is 2.96. The van der Waals surface area contributed by atoms with E-state index in [4.69, 9.17) is 11.6 Å². The standard InChI is InChI=1S/C14H12ClN3S/c1-9-6-7-19-12(9)8-16-13-10-4-2-3-5-11(10)17-14(15)18-13/h2-7H,8H2,1H3,(H,16,17,18). The van der Waals surface area contributed by atoms with Crippen LogP contribution in [0.15, 0.2) is 35.7 Å². The molecule has 0 aliphatic rings. The van der Waals surface area contributed by atoms with Crippen LogP contribution < -0.4 is 5.32 Å². The third-order valence-corrected chi connectivity index (χ3v) is 4.15. The fourth-order valence-corrected chi connectivity index (χ4v) is 2.95. The Bertz CT molecular complexity index is 724. The van der Waals surface area contributed by atoms with E-state index in [1.54, 1.807) is 11.3 Å². The number of aromatic nitrogens is 2. The van der Waals surface area contributed by atoms with Gasteiger partial charge < -0.3 is 5.32 Å². The molecule has 19 heavy (non-hydrogen) atoms. The minimum absolute atomic E-state index is 0.268. The number of aryl methyl sites for hydroxylation is 1. The van der Waals surface area contributed by atoms with Crippen molar-refractivity contribution in [1.29, 1.82) is 0 Å². The lowest BCUT2D eigenvalue weighted by atomic mass is 10.2. The number of benzene rings is 1. The Morgan fingerprint density at radius 1 is 1.21 bits per heavy atom. The van der Waals surface area contributed by atoms with E-state index in [2.05, 4.69) is 33.7 Å². The van der Waals surface area contributed by atoms with Gasteiger partial charge in [-0.3, -0.25) is 0 Å². The molecule has 0 radical (unpaired) electrons. The molecular weight excluding hydrogens is 278 g/mol. The monoisotopic (exact) mass is 289 g/mol. The summed E-state index contributed by atoms with van der Waals surface area (Å²) < 4.78 is 0. The number of thiophene rings is 1. The van der Waals surface area contributed by atoms with Crippen LogP contribution >= 0.6 is 22.9 Å². The molecule has 0 aliphatic carbocycles. The highest BCUT2D eigenvalue weighted by atomic mass is 35.5. The zero-order valence-electron chi connectivity index (χ0n) is 10.4. The second kappa shape index (κ2) is 5.15. The minimum atomic E-state index is 0.268. The van der Waals surface area contributed by atoms with Crippen LogP contribution in [-0.2, 0) is 6.54 Å². The summed E-state index contributed by atoms with van der Waals surface area (Å²) in [6.45, 7) is 2.86. The number of nitrogens with one attached hydrogen (secondary N) is 1. The minimum Gasteiger partial charge on any atom is -0.365 e. The summed E-state index contributed by atoms with van der Waals surface area (Å²) in [6, 6.07) is 9.96. The van der Waals surface area contributed by atoms with Gasteiger partial charge in [0.1, 0.15) is 5.82 Å². The maximum Gasteiger partial charge on any atom is 0.224 e. The topological polar surface area (TPSA) is 37.8 Å². The first-order chi connectivity index (χ1) is 9.24. The number of halogens is 1.